The predicted molar refractivity (Wildman–Crippen MR) is 233 cm³/mol. The van der Waals surface area contributed by atoms with E-state index in [0.29, 0.717) is 12.8 Å². The molecule has 0 saturated heterocycles. The van der Waals surface area contributed by atoms with Gasteiger partial charge in [-0.2, -0.15) is 0 Å². The van der Waals surface area contributed by atoms with Crippen LogP contribution in [0.5, 0.6) is 0 Å². The van der Waals surface area contributed by atoms with Gasteiger partial charge >= 0.3 is 11.9 Å². The summed E-state index contributed by atoms with van der Waals surface area (Å²) in [4.78, 5) is 24.3. The Hall–Kier alpha value is -1.88. The van der Waals surface area contributed by atoms with E-state index in [1.165, 1.54) is 167 Å². The Kier molecular flexibility index (Phi) is 43.9. The van der Waals surface area contributed by atoms with Crippen LogP contribution < -0.4 is 0 Å². The smallest absolute Gasteiger partial charge is 0.306 e. The fourth-order valence-corrected chi connectivity index (χ4v) is 6.82. The predicted octanol–water partition coefficient (Wildman–Crippen LogP) is 15.2. The molecule has 0 radical (unpaired) electrons. The van der Waals surface area contributed by atoms with E-state index in [1.807, 2.05) is 0 Å². The first kappa shape index (κ1) is 52.1. The molecule has 0 bridgehead atoms. The van der Waals surface area contributed by atoms with Crippen LogP contribution >= 0.6 is 0 Å². The third-order valence-electron chi connectivity index (χ3n) is 10.4. The summed E-state index contributed by atoms with van der Waals surface area (Å²) in [6, 6.07) is 0. The molecular weight excluding hydrogens is 669 g/mol. The summed E-state index contributed by atoms with van der Waals surface area (Å²) in [6.07, 6.45) is 56.6. The molecule has 0 aromatic heterocycles. The number of aliphatic hydroxyl groups is 1. The van der Waals surface area contributed by atoms with Gasteiger partial charge in [0, 0.05) is 12.8 Å². The van der Waals surface area contributed by atoms with Crippen molar-refractivity contribution in [2.75, 3.05) is 13.2 Å². The van der Waals surface area contributed by atoms with Crippen LogP contribution in [0.15, 0.2) is 36.5 Å². The lowest BCUT2D eigenvalue weighted by Gasteiger charge is -2.15. The molecule has 0 amide bonds. The quantitative estimate of drug-likeness (QED) is 0.0381. The maximum absolute atomic E-state index is 12.2. The highest BCUT2D eigenvalue weighted by atomic mass is 16.6. The van der Waals surface area contributed by atoms with Crippen molar-refractivity contribution in [3.8, 4) is 0 Å². The minimum atomic E-state index is -0.786. The molecule has 0 heterocycles. The highest BCUT2D eigenvalue weighted by Gasteiger charge is 2.16. The van der Waals surface area contributed by atoms with Crippen LogP contribution in [0, 0.1) is 0 Å². The van der Waals surface area contributed by atoms with E-state index in [0.717, 1.165) is 51.4 Å². The first-order valence-electron chi connectivity index (χ1n) is 23.5. The van der Waals surface area contributed by atoms with Crippen molar-refractivity contribution in [3.63, 3.8) is 0 Å². The summed E-state index contributed by atoms with van der Waals surface area (Å²) in [5.41, 5.74) is 0. The third-order valence-corrected chi connectivity index (χ3v) is 10.4. The van der Waals surface area contributed by atoms with E-state index in [1.54, 1.807) is 0 Å². The maximum atomic E-state index is 12.2. The van der Waals surface area contributed by atoms with Crippen molar-refractivity contribution in [3.05, 3.63) is 36.5 Å². The highest BCUT2D eigenvalue weighted by Crippen LogP contribution is 2.15. The van der Waals surface area contributed by atoms with E-state index in [9.17, 15) is 14.7 Å². The van der Waals surface area contributed by atoms with Gasteiger partial charge in [0.05, 0.1) is 6.61 Å². The number of rotatable bonds is 43. The van der Waals surface area contributed by atoms with Gasteiger partial charge in [-0.3, -0.25) is 9.59 Å². The molecule has 0 saturated carbocycles. The summed E-state index contributed by atoms with van der Waals surface area (Å²) in [6.45, 7) is 4.11. The Morgan fingerprint density at radius 2 is 0.759 bits per heavy atom. The van der Waals surface area contributed by atoms with Crippen LogP contribution in [0.25, 0.3) is 0 Å². The van der Waals surface area contributed by atoms with Crippen molar-refractivity contribution in [1.82, 2.24) is 0 Å². The molecule has 5 heteroatoms. The zero-order chi connectivity index (χ0) is 39.3. The van der Waals surface area contributed by atoms with E-state index in [2.05, 4.69) is 50.3 Å². The third kappa shape index (κ3) is 42.9. The lowest BCUT2D eigenvalue weighted by molar-refractivity contribution is -0.161. The number of hydrogen-bond acceptors (Lipinski definition) is 5. The molecule has 316 valence electrons. The molecule has 54 heavy (non-hydrogen) atoms. The maximum Gasteiger partial charge on any atom is 0.306 e. The molecule has 1 atom stereocenters. The second-order valence-electron chi connectivity index (χ2n) is 15.8. The zero-order valence-electron chi connectivity index (χ0n) is 36.0. The van der Waals surface area contributed by atoms with Crippen molar-refractivity contribution < 1.29 is 24.2 Å². The molecule has 0 aliphatic rings. The molecule has 0 aromatic carbocycles. The van der Waals surface area contributed by atoms with E-state index < -0.39 is 6.10 Å². The van der Waals surface area contributed by atoms with Crippen LogP contribution in [-0.2, 0) is 19.1 Å². The average molecular weight is 759 g/mol. The van der Waals surface area contributed by atoms with E-state index >= 15 is 0 Å². The Morgan fingerprint density at radius 3 is 1.20 bits per heavy atom. The van der Waals surface area contributed by atoms with Crippen molar-refractivity contribution >= 4 is 11.9 Å². The van der Waals surface area contributed by atoms with Gasteiger partial charge in [0.25, 0.3) is 0 Å². The second-order valence-corrected chi connectivity index (χ2v) is 15.8. The van der Waals surface area contributed by atoms with Gasteiger partial charge in [-0.15, -0.1) is 0 Å². The van der Waals surface area contributed by atoms with E-state index in [4.69, 9.17) is 9.47 Å². The van der Waals surface area contributed by atoms with Crippen molar-refractivity contribution in [1.29, 1.82) is 0 Å². The Bertz CT molecular complexity index is 862. The molecule has 0 aliphatic heterocycles. The Labute approximate surface area is 336 Å². The molecule has 0 unspecified atom stereocenters. The topological polar surface area (TPSA) is 72.8 Å². The number of ether oxygens (including phenoxy) is 2. The molecule has 0 fully saturated rings. The number of carbonyl (C=O) groups is 2. The van der Waals surface area contributed by atoms with Gasteiger partial charge in [-0.25, -0.2) is 0 Å². The van der Waals surface area contributed by atoms with Gasteiger partial charge in [0.15, 0.2) is 6.10 Å². The van der Waals surface area contributed by atoms with Crippen LogP contribution in [0.3, 0.4) is 0 Å². The van der Waals surface area contributed by atoms with Crippen LogP contribution in [0.4, 0.5) is 0 Å². The fraction of sp³-hybridized carbons (Fsp3) is 0.837. The van der Waals surface area contributed by atoms with Crippen LogP contribution in [-0.4, -0.2) is 36.4 Å². The van der Waals surface area contributed by atoms with Gasteiger partial charge in [0.1, 0.15) is 6.61 Å². The van der Waals surface area contributed by atoms with E-state index in [-0.39, 0.29) is 25.2 Å². The van der Waals surface area contributed by atoms with Gasteiger partial charge in [-0.05, 0) is 64.2 Å². The first-order chi connectivity index (χ1) is 26.6. The number of unbranched alkanes of at least 4 members (excludes halogenated alkanes) is 29. The molecule has 5 nitrogen and oxygen atoms in total. The van der Waals surface area contributed by atoms with Gasteiger partial charge in [-0.1, -0.05) is 204 Å². The number of allylic oxidation sites excluding steroid dienone is 6. The molecule has 0 rings (SSSR count). The normalized spacial score (nSPS) is 12.4. The molecule has 0 spiro atoms. The summed E-state index contributed by atoms with van der Waals surface area (Å²) in [5.74, 6) is -0.629. The highest BCUT2D eigenvalue weighted by molar-refractivity contribution is 5.70. The second kappa shape index (κ2) is 45.5. The summed E-state index contributed by atoms with van der Waals surface area (Å²) in [7, 11) is 0. The largest absolute Gasteiger partial charge is 0.462 e. The summed E-state index contributed by atoms with van der Waals surface area (Å²) in [5, 5.41) is 9.59. The van der Waals surface area contributed by atoms with Gasteiger partial charge in [0.2, 0.25) is 0 Å². The Morgan fingerprint density at radius 1 is 0.426 bits per heavy atom. The Balaban J connectivity index is 3.52. The standard InChI is InChI=1S/C49H90O5/c1-3-5-7-9-11-13-15-17-19-21-22-23-24-25-26-28-29-31-33-35-37-39-41-43-48(51)53-46-47(45-50)54-49(52)44-42-40-38-36-34-32-30-27-20-18-16-14-12-10-8-6-4-2/h12,14,18,20,35,37,47,50H,3-11,13,15-17,19,21-34,36,38-46H2,1-2H3/b14-12+,20-18+,37-35+/t47-/m0/s1. The number of aliphatic hydroxyl groups excluding tert-OH is 1. The zero-order valence-corrected chi connectivity index (χ0v) is 36.0. The monoisotopic (exact) mass is 759 g/mol. The lowest BCUT2D eigenvalue weighted by atomic mass is 10.0. The van der Waals surface area contributed by atoms with Crippen molar-refractivity contribution in [2.24, 2.45) is 0 Å². The summed E-state index contributed by atoms with van der Waals surface area (Å²) >= 11 is 0. The fourth-order valence-electron chi connectivity index (χ4n) is 6.82. The summed E-state index contributed by atoms with van der Waals surface area (Å²) < 4.78 is 10.6. The number of carbonyl (C=O) groups excluding carboxylic acids is 2. The molecule has 0 aromatic rings. The number of esters is 2. The van der Waals surface area contributed by atoms with Crippen molar-refractivity contribution in [2.45, 2.75) is 251 Å². The van der Waals surface area contributed by atoms with Crippen LogP contribution in [0.1, 0.15) is 245 Å². The number of hydrogen-bond donors (Lipinski definition) is 1. The SMILES string of the molecule is CCCCC/C=C/C/C=C/CCCCCCCCCC(=O)O[C@@H](CO)COC(=O)CCC/C=C/CCCCCCCCCCCCCCCCCCCC. The van der Waals surface area contributed by atoms with Crippen LogP contribution in [0.2, 0.25) is 0 Å². The average Bonchev–Trinajstić information content (AvgIpc) is 3.17. The minimum absolute atomic E-state index is 0.0821. The van der Waals surface area contributed by atoms with Gasteiger partial charge < -0.3 is 14.6 Å². The minimum Gasteiger partial charge on any atom is -0.462 e. The first-order valence-corrected chi connectivity index (χ1v) is 23.5. The molecular formula is C49H90O5. The lowest BCUT2D eigenvalue weighted by Crippen LogP contribution is -2.28. The molecule has 1 N–H and O–H groups in total. The molecule has 0 aliphatic carbocycles.